The second-order valence-electron chi connectivity index (χ2n) is 5.54. The molecule has 22 heavy (non-hydrogen) atoms. The smallest absolute Gasteiger partial charge is 0.219 e. The van der Waals surface area contributed by atoms with Crippen LogP contribution in [-0.2, 0) is 4.79 Å². The van der Waals surface area contributed by atoms with E-state index in [4.69, 9.17) is 0 Å². The summed E-state index contributed by atoms with van der Waals surface area (Å²) in [7, 11) is 0. The highest BCUT2D eigenvalue weighted by atomic mass is 19.1. The Morgan fingerprint density at radius 2 is 2.32 bits per heavy atom. The number of nitrogens with zero attached hydrogens (tertiary/aromatic N) is 3. The Kier molecular flexibility index (Phi) is 4.18. The molecule has 1 fully saturated rings. The highest BCUT2D eigenvalue weighted by molar-refractivity contribution is 5.89. The fourth-order valence-electron chi connectivity index (χ4n) is 2.91. The molecule has 1 unspecified atom stereocenters. The van der Waals surface area contributed by atoms with Crippen LogP contribution in [0.4, 0.5) is 10.2 Å². The number of amides is 1. The van der Waals surface area contributed by atoms with Gasteiger partial charge in [0.25, 0.3) is 0 Å². The lowest BCUT2D eigenvalue weighted by Gasteiger charge is -2.34. The number of halogens is 1. The average Bonchev–Trinajstić information content (AvgIpc) is 2.55. The quantitative estimate of drug-likeness (QED) is 0.945. The van der Waals surface area contributed by atoms with Crippen LogP contribution in [0.15, 0.2) is 24.5 Å². The zero-order chi connectivity index (χ0) is 15.5. The number of hydrogen-bond acceptors (Lipinski definition) is 4. The summed E-state index contributed by atoms with van der Waals surface area (Å²) in [5.41, 5.74) is 0.340. The van der Waals surface area contributed by atoms with Crippen molar-refractivity contribution < 1.29 is 9.18 Å². The fraction of sp³-hybridized carbons (Fsp3) is 0.438. The van der Waals surface area contributed by atoms with Crippen LogP contribution in [0.2, 0.25) is 0 Å². The molecule has 6 heteroatoms. The first-order valence-electron chi connectivity index (χ1n) is 7.62. The van der Waals surface area contributed by atoms with Crippen molar-refractivity contribution in [3.8, 4) is 0 Å². The van der Waals surface area contributed by atoms with Gasteiger partial charge in [-0.3, -0.25) is 4.79 Å². The van der Waals surface area contributed by atoms with Crippen molar-refractivity contribution in [1.82, 2.24) is 15.3 Å². The van der Waals surface area contributed by atoms with E-state index in [1.54, 1.807) is 6.07 Å². The van der Waals surface area contributed by atoms with Gasteiger partial charge in [0.15, 0.2) is 0 Å². The number of carbonyl (C=O) groups is 1. The van der Waals surface area contributed by atoms with E-state index in [0.717, 1.165) is 25.2 Å². The SMILES string of the molecule is CCC(=O)NC1CCCN(c2ncnc3c(F)cccc23)C1. The summed E-state index contributed by atoms with van der Waals surface area (Å²) in [6.07, 6.45) is 3.81. The van der Waals surface area contributed by atoms with Crippen molar-refractivity contribution in [2.24, 2.45) is 0 Å². The Balaban J connectivity index is 1.87. The van der Waals surface area contributed by atoms with Crippen molar-refractivity contribution in [2.75, 3.05) is 18.0 Å². The topological polar surface area (TPSA) is 58.1 Å². The number of fused-ring (bicyclic) bond motifs is 1. The molecule has 0 spiro atoms. The van der Waals surface area contributed by atoms with E-state index in [1.807, 2.05) is 13.0 Å². The van der Waals surface area contributed by atoms with Crippen molar-refractivity contribution in [3.63, 3.8) is 0 Å². The molecule has 1 aromatic heterocycles. The molecule has 1 aliphatic heterocycles. The van der Waals surface area contributed by atoms with Crippen LogP contribution in [0.25, 0.3) is 10.9 Å². The molecule has 5 nitrogen and oxygen atoms in total. The highest BCUT2D eigenvalue weighted by Crippen LogP contribution is 2.26. The van der Waals surface area contributed by atoms with Crippen molar-refractivity contribution in [2.45, 2.75) is 32.2 Å². The summed E-state index contributed by atoms with van der Waals surface area (Å²) in [6, 6.07) is 5.02. The summed E-state index contributed by atoms with van der Waals surface area (Å²) in [5, 5.41) is 3.74. The van der Waals surface area contributed by atoms with Gasteiger partial charge in [-0.1, -0.05) is 13.0 Å². The third kappa shape index (κ3) is 2.86. The zero-order valence-electron chi connectivity index (χ0n) is 12.6. The van der Waals surface area contributed by atoms with Crippen LogP contribution in [-0.4, -0.2) is 35.0 Å². The maximum Gasteiger partial charge on any atom is 0.219 e. The van der Waals surface area contributed by atoms with Gasteiger partial charge in [-0.2, -0.15) is 0 Å². The first-order valence-corrected chi connectivity index (χ1v) is 7.62. The first kappa shape index (κ1) is 14.7. The third-order valence-corrected chi connectivity index (χ3v) is 4.00. The Morgan fingerprint density at radius 3 is 3.14 bits per heavy atom. The Labute approximate surface area is 128 Å². The molecule has 0 aliphatic carbocycles. The van der Waals surface area contributed by atoms with E-state index in [-0.39, 0.29) is 17.8 Å². The van der Waals surface area contributed by atoms with Crippen LogP contribution < -0.4 is 10.2 Å². The standard InChI is InChI=1S/C16H19FN4O/c1-2-14(22)20-11-5-4-8-21(9-11)16-12-6-3-7-13(17)15(12)18-10-19-16/h3,6-7,10-11H,2,4-5,8-9H2,1H3,(H,20,22). The number of anilines is 1. The van der Waals surface area contributed by atoms with E-state index in [2.05, 4.69) is 20.2 Å². The van der Waals surface area contributed by atoms with Gasteiger partial charge in [0, 0.05) is 30.9 Å². The zero-order valence-corrected chi connectivity index (χ0v) is 12.6. The molecule has 1 aliphatic rings. The molecule has 0 bridgehead atoms. The number of nitrogens with one attached hydrogen (secondary N) is 1. The maximum absolute atomic E-state index is 13.9. The van der Waals surface area contributed by atoms with Crippen molar-refractivity contribution >= 4 is 22.6 Å². The largest absolute Gasteiger partial charge is 0.354 e. The molecule has 116 valence electrons. The van der Waals surface area contributed by atoms with Gasteiger partial charge >= 0.3 is 0 Å². The van der Waals surface area contributed by atoms with Gasteiger partial charge in [-0.15, -0.1) is 0 Å². The number of aromatic nitrogens is 2. The Morgan fingerprint density at radius 1 is 1.45 bits per heavy atom. The van der Waals surface area contributed by atoms with Gasteiger partial charge in [0.2, 0.25) is 5.91 Å². The summed E-state index contributed by atoms with van der Waals surface area (Å²) < 4.78 is 13.9. The van der Waals surface area contributed by atoms with Crippen LogP contribution in [0.1, 0.15) is 26.2 Å². The van der Waals surface area contributed by atoms with Crippen molar-refractivity contribution in [1.29, 1.82) is 0 Å². The molecule has 1 saturated heterocycles. The molecule has 3 rings (SSSR count). The van der Waals surface area contributed by atoms with Crippen molar-refractivity contribution in [3.05, 3.63) is 30.3 Å². The molecule has 1 amide bonds. The minimum Gasteiger partial charge on any atom is -0.354 e. The number of carbonyl (C=O) groups excluding carboxylic acids is 1. The van der Waals surface area contributed by atoms with Crippen LogP contribution >= 0.6 is 0 Å². The summed E-state index contributed by atoms with van der Waals surface area (Å²) in [5.74, 6) is 0.458. The monoisotopic (exact) mass is 302 g/mol. The minimum absolute atomic E-state index is 0.0606. The Hall–Kier alpha value is -2.24. The lowest BCUT2D eigenvalue weighted by Crippen LogP contribution is -2.48. The lowest BCUT2D eigenvalue weighted by atomic mass is 10.0. The number of benzene rings is 1. The van der Waals surface area contributed by atoms with E-state index < -0.39 is 0 Å². The summed E-state index contributed by atoms with van der Waals surface area (Å²) in [4.78, 5) is 22.1. The molecule has 1 atom stereocenters. The van der Waals surface area contributed by atoms with Gasteiger partial charge in [0.05, 0.1) is 0 Å². The molecule has 0 saturated carbocycles. The first-order chi connectivity index (χ1) is 10.7. The Bertz CT molecular complexity index is 691. The van der Waals surface area contributed by atoms with Crippen LogP contribution in [0.5, 0.6) is 0 Å². The van der Waals surface area contributed by atoms with Gasteiger partial charge in [0.1, 0.15) is 23.5 Å². The lowest BCUT2D eigenvalue weighted by molar-refractivity contribution is -0.121. The van der Waals surface area contributed by atoms with E-state index in [0.29, 0.717) is 23.9 Å². The van der Waals surface area contributed by atoms with E-state index in [9.17, 15) is 9.18 Å². The fourth-order valence-corrected chi connectivity index (χ4v) is 2.91. The predicted molar refractivity (Wildman–Crippen MR) is 83.2 cm³/mol. The summed E-state index contributed by atoms with van der Waals surface area (Å²) in [6.45, 7) is 3.38. The number of para-hydroxylation sites is 1. The van der Waals surface area contributed by atoms with Gasteiger partial charge in [-0.25, -0.2) is 14.4 Å². The normalized spacial score (nSPS) is 18.5. The minimum atomic E-state index is -0.339. The molecule has 2 heterocycles. The van der Waals surface area contributed by atoms with Crippen LogP contribution in [0.3, 0.4) is 0 Å². The number of hydrogen-bond donors (Lipinski definition) is 1. The van der Waals surface area contributed by atoms with E-state index >= 15 is 0 Å². The summed E-state index contributed by atoms with van der Waals surface area (Å²) >= 11 is 0. The molecular formula is C16H19FN4O. The molecule has 0 radical (unpaired) electrons. The van der Waals surface area contributed by atoms with Gasteiger partial charge < -0.3 is 10.2 Å². The molecule has 2 aromatic rings. The van der Waals surface area contributed by atoms with Crippen LogP contribution in [0, 0.1) is 5.82 Å². The van der Waals surface area contributed by atoms with E-state index in [1.165, 1.54) is 12.4 Å². The second-order valence-corrected chi connectivity index (χ2v) is 5.54. The highest BCUT2D eigenvalue weighted by Gasteiger charge is 2.23. The second kappa shape index (κ2) is 6.25. The average molecular weight is 302 g/mol. The molecule has 1 aromatic carbocycles. The number of piperidine rings is 1. The molecular weight excluding hydrogens is 283 g/mol. The maximum atomic E-state index is 13.9. The predicted octanol–water partition coefficient (Wildman–Crippen LogP) is 2.26. The third-order valence-electron chi connectivity index (χ3n) is 4.00. The number of rotatable bonds is 3. The molecule has 1 N–H and O–H groups in total. The van der Waals surface area contributed by atoms with Gasteiger partial charge in [-0.05, 0) is 25.0 Å².